The average Bonchev–Trinajstić information content (AvgIpc) is 3.45. The van der Waals surface area contributed by atoms with Gasteiger partial charge in [0.25, 0.3) is 17.3 Å². The second-order valence-electron chi connectivity index (χ2n) is 6.75. The number of thiophene rings is 1. The summed E-state index contributed by atoms with van der Waals surface area (Å²) in [6.45, 7) is 4.11. The first kappa shape index (κ1) is 20.0. The number of benzene rings is 1. The zero-order chi connectivity index (χ0) is 21.1. The van der Waals surface area contributed by atoms with Gasteiger partial charge in [-0.1, -0.05) is 37.6 Å². The Morgan fingerprint density at radius 3 is 2.73 bits per heavy atom. The van der Waals surface area contributed by atoms with Crippen molar-refractivity contribution in [3.63, 3.8) is 0 Å². The Labute approximate surface area is 176 Å². The van der Waals surface area contributed by atoms with Gasteiger partial charge in [0.15, 0.2) is 11.8 Å². The van der Waals surface area contributed by atoms with Crippen molar-refractivity contribution in [3.8, 4) is 10.8 Å². The van der Waals surface area contributed by atoms with Crippen molar-refractivity contribution in [1.29, 1.82) is 0 Å². The minimum Gasteiger partial charge on any atom is -0.448 e. The van der Waals surface area contributed by atoms with Gasteiger partial charge in [-0.15, -0.1) is 21.5 Å². The number of unbranched alkanes of at least 4 members (excludes halogenated alkanes) is 1. The summed E-state index contributed by atoms with van der Waals surface area (Å²) < 4.78 is 12.5. The number of ether oxygens (including phenoxy) is 1. The van der Waals surface area contributed by atoms with Crippen LogP contribution in [-0.2, 0) is 11.3 Å². The van der Waals surface area contributed by atoms with Crippen molar-refractivity contribution in [2.24, 2.45) is 0 Å². The highest BCUT2D eigenvalue weighted by atomic mass is 32.1. The number of carbonyl (C=O) groups is 1. The first-order valence-corrected chi connectivity index (χ1v) is 10.5. The van der Waals surface area contributed by atoms with Crippen LogP contribution >= 0.6 is 11.3 Å². The molecule has 3 aromatic heterocycles. The molecular formula is C21H20N4O4S. The highest BCUT2D eigenvalue weighted by Gasteiger charge is 2.24. The third-order valence-corrected chi connectivity index (χ3v) is 5.45. The quantitative estimate of drug-likeness (QED) is 0.409. The standard InChI is InChI=1S/C21H20N4O4S/c1-3-4-11-25-20(26)15-9-6-5-8-14(15)17(24-25)21(27)28-13(2)18-22-23-19(29-18)16-10-7-12-30-16/h5-10,12-13H,3-4,11H2,1-2H3. The number of hydrogen-bond donors (Lipinski definition) is 0. The van der Waals surface area contributed by atoms with Gasteiger partial charge >= 0.3 is 5.97 Å². The van der Waals surface area contributed by atoms with E-state index in [0.29, 0.717) is 23.2 Å². The van der Waals surface area contributed by atoms with Gasteiger partial charge in [-0.05, 0) is 30.9 Å². The summed E-state index contributed by atoms with van der Waals surface area (Å²) in [7, 11) is 0. The summed E-state index contributed by atoms with van der Waals surface area (Å²) in [4.78, 5) is 26.4. The first-order chi connectivity index (χ1) is 14.6. The highest BCUT2D eigenvalue weighted by Crippen LogP contribution is 2.26. The lowest BCUT2D eigenvalue weighted by Gasteiger charge is -2.12. The van der Waals surface area contributed by atoms with Crippen LogP contribution in [0, 0.1) is 0 Å². The number of carbonyl (C=O) groups excluding carboxylic acids is 1. The number of nitrogens with zero attached hydrogens (tertiary/aromatic N) is 4. The maximum atomic E-state index is 12.9. The molecule has 0 saturated carbocycles. The number of aryl methyl sites for hydroxylation is 1. The molecule has 0 fully saturated rings. The van der Waals surface area contributed by atoms with Gasteiger partial charge in [-0.3, -0.25) is 4.79 Å². The second-order valence-corrected chi connectivity index (χ2v) is 7.69. The van der Waals surface area contributed by atoms with E-state index in [-0.39, 0.29) is 17.1 Å². The van der Waals surface area contributed by atoms with E-state index in [2.05, 4.69) is 15.3 Å². The molecule has 8 nitrogen and oxygen atoms in total. The van der Waals surface area contributed by atoms with E-state index < -0.39 is 12.1 Å². The lowest BCUT2D eigenvalue weighted by molar-refractivity contribution is 0.0272. The van der Waals surface area contributed by atoms with E-state index in [9.17, 15) is 9.59 Å². The molecule has 1 aromatic carbocycles. The largest absolute Gasteiger partial charge is 0.448 e. The summed E-state index contributed by atoms with van der Waals surface area (Å²) in [5.74, 6) is -0.0882. The molecule has 0 bridgehead atoms. The predicted octanol–water partition coefficient (Wildman–Crippen LogP) is 4.23. The van der Waals surface area contributed by atoms with Crippen molar-refractivity contribution >= 4 is 28.1 Å². The Kier molecular flexibility index (Phi) is 5.71. The number of aromatic nitrogens is 4. The molecule has 3 heterocycles. The van der Waals surface area contributed by atoms with Crippen LogP contribution in [0.5, 0.6) is 0 Å². The smallest absolute Gasteiger partial charge is 0.360 e. The van der Waals surface area contributed by atoms with Crippen LogP contribution in [0.4, 0.5) is 0 Å². The topological polar surface area (TPSA) is 100 Å². The molecule has 0 aliphatic rings. The minimum atomic E-state index is -0.768. The normalized spacial score (nSPS) is 12.2. The highest BCUT2D eigenvalue weighted by molar-refractivity contribution is 7.13. The molecule has 4 rings (SSSR count). The molecule has 0 radical (unpaired) electrons. The lowest BCUT2D eigenvalue weighted by atomic mass is 10.1. The second kappa shape index (κ2) is 8.58. The number of hydrogen-bond acceptors (Lipinski definition) is 8. The molecule has 1 atom stereocenters. The van der Waals surface area contributed by atoms with Crippen LogP contribution in [0.1, 0.15) is 49.2 Å². The van der Waals surface area contributed by atoms with Crippen LogP contribution < -0.4 is 5.56 Å². The van der Waals surface area contributed by atoms with Gasteiger partial charge in [0.2, 0.25) is 0 Å². The maximum absolute atomic E-state index is 12.9. The number of esters is 1. The monoisotopic (exact) mass is 424 g/mol. The fourth-order valence-corrected chi connectivity index (χ4v) is 3.65. The minimum absolute atomic E-state index is 0.0890. The Morgan fingerprint density at radius 1 is 1.20 bits per heavy atom. The van der Waals surface area contributed by atoms with Gasteiger partial charge in [-0.2, -0.15) is 5.10 Å². The molecule has 0 saturated heterocycles. The third kappa shape index (κ3) is 3.88. The Morgan fingerprint density at radius 2 is 2.00 bits per heavy atom. The summed E-state index contributed by atoms with van der Waals surface area (Å²) in [5, 5.41) is 15.1. The van der Waals surface area contributed by atoms with Gasteiger partial charge in [0, 0.05) is 11.9 Å². The van der Waals surface area contributed by atoms with Crippen LogP contribution in [0.2, 0.25) is 0 Å². The third-order valence-electron chi connectivity index (χ3n) is 4.59. The van der Waals surface area contributed by atoms with Crippen molar-refractivity contribution in [2.45, 2.75) is 39.3 Å². The van der Waals surface area contributed by atoms with E-state index in [1.807, 2.05) is 24.4 Å². The van der Waals surface area contributed by atoms with Crippen molar-refractivity contribution in [2.75, 3.05) is 0 Å². The van der Waals surface area contributed by atoms with Crippen molar-refractivity contribution < 1.29 is 13.9 Å². The fourth-order valence-electron chi connectivity index (χ4n) is 3.01. The molecule has 0 spiro atoms. The van der Waals surface area contributed by atoms with Gasteiger partial charge in [0.1, 0.15) is 0 Å². The number of rotatable bonds is 7. The Bertz CT molecular complexity index is 1230. The van der Waals surface area contributed by atoms with Crippen molar-refractivity contribution in [1.82, 2.24) is 20.0 Å². The van der Waals surface area contributed by atoms with Gasteiger partial charge in [-0.25, -0.2) is 9.48 Å². The predicted molar refractivity (Wildman–Crippen MR) is 112 cm³/mol. The van der Waals surface area contributed by atoms with Crippen molar-refractivity contribution in [3.05, 3.63) is 63.7 Å². The zero-order valence-corrected chi connectivity index (χ0v) is 17.4. The molecule has 30 heavy (non-hydrogen) atoms. The summed E-state index contributed by atoms with van der Waals surface area (Å²) in [6, 6.07) is 10.7. The molecule has 1 unspecified atom stereocenters. The maximum Gasteiger partial charge on any atom is 0.360 e. The SMILES string of the molecule is CCCCn1nc(C(=O)OC(C)c2nnc(-c3cccs3)o2)c2ccccc2c1=O. The van der Waals surface area contributed by atoms with E-state index >= 15 is 0 Å². The zero-order valence-electron chi connectivity index (χ0n) is 16.6. The van der Waals surface area contributed by atoms with E-state index in [1.54, 1.807) is 31.2 Å². The molecule has 0 aliphatic carbocycles. The molecule has 154 valence electrons. The van der Waals surface area contributed by atoms with Crippen LogP contribution in [0.15, 0.2) is 51.0 Å². The summed E-state index contributed by atoms with van der Waals surface area (Å²) in [5.41, 5.74) is -0.132. The van der Waals surface area contributed by atoms with Crippen LogP contribution in [0.25, 0.3) is 21.5 Å². The summed E-state index contributed by atoms with van der Waals surface area (Å²) in [6.07, 6.45) is 0.917. The fraction of sp³-hybridized carbons (Fsp3) is 0.286. The first-order valence-electron chi connectivity index (χ1n) is 9.66. The molecule has 0 N–H and O–H groups in total. The molecule has 0 amide bonds. The molecule has 0 aliphatic heterocycles. The van der Waals surface area contributed by atoms with E-state index in [1.165, 1.54) is 16.0 Å². The molecule has 9 heteroatoms. The van der Waals surface area contributed by atoms with Gasteiger partial charge < -0.3 is 9.15 Å². The van der Waals surface area contributed by atoms with Crippen LogP contribution in [0.3, 0.4) is 0 Å². The molecular weight excluding hydrogens is 404 g/mol. The summed E-state index contributed by atoms with van der Waals surface area (Å²) >= 11 is 1.48. The Hall–Kier alpha value is -3.33. The Balaban J connectivity index is 1.63. The number of fused-ring (bicyclic) bond motifs is 1. The lowest BCUT2D eigenvalue weighted by Crippen LogP contribution is -2.27. The van der Waals surface area contributed by atoms with E-state index in [4.69, 9.17) is 9.15 Å². The van der Waals surface area contributed by atoms with E-state index in [0.717, 1.165) is 17.7 Å². The van der Waals surface area contributed by atoms with Crippen LogP contribution in [-0.4, -0.2) is 25.9 Å². The molecule has 4 aromatic rings. The average molecular weight is 424 g/mol. The van der Waals surface area contributed by atoms with Gasteiger partial charge in [0.05, 0.1) is 10.3 Å².